The minimum Gasteiger partial charge on any atom is -0.381 e. The molecule has 0 spiro atoms. The zero-order chi connectivity index (χ0) is 14.7. The van der Waals surface area contributed by atoms with E-state index < -0.39 is 0 Å². The third-order valence-electron chi connectivity index (χ3n) is 2.56. The second kappa shape index (κ2) is 10.6. The molecule has 0 aliphatic heterocycles. The Bertz CT molecular complexity index is 301. The van der Waals surface area contributed by atoms with Gasteiger partial charge in [0.05, 0.1) is 13.2 Å². The standard InChI is InChI=1S/C14H22O5/c1-11(15)3-5-13(17)7-9-19-10-8-14(18)6-4-12(2)16/h3-10H2,1-2H3. The van der Waals surface area contributed by atoms with Gasteiger partial charge in [0.25, 0.3) is 0 Å². The van der Waals surface area contributed by atoms with Gasteiger partial charge in [-0.1, -0.05) is 0 Å². The lowest BCUT2D eigenvalue weighted by molar-refractivity contribution is -0.125. The van der Waals surface area contributed by atoms with Crippen molar-refractivity contribution in [3.63, 3.8) is 0 Å². The summed E-state index contributed by atoms with van der Waals surface area (Å²) in [5.41, 5.74) is 0. The lowest BCUT2D eigenvalue weighted by Crippen LogP contribution is -2.09. The fourth-order valence-electron chi connectivity index (χ4n) is 1.35. The quantitative estimate of drug-likeness (QED) is 0.504. The van der Waals surface area contributed by atoms with Crippen molar-refractivity contribution in [2.45, 2.75) is 52.4 Å². The Labute approximate surface area is 113 Å². The lowest BCUT2D eigenvalue weighted by Gasteiger charge is -2.03. The number of carbonyl (C=O) groups is 4. The number of ether oxygens (including phenoxy) is 1. The van der Waals surface area contributed by atoms with Crippen LogP contribution in [0.3, 0.4) is 0 Å². The molecule has 5 nitrogen and oxygen atoms in total. The highest BCUT2D eigenvalue weighted by Crippen LogP contribution is 1.99. The van der Waals surface area contributed by atoms with Crippen molar-refractivity contribution in [2.24, 2.45) is 0 Å². The van der Waals surface area contributed by atoms with Crippen molar-refractivity contribution in [1.82, 2.24) is 0 Å². The van der Waals surface area contributed by atoms with E-state index in [9.17, 15) is 19.2 Å². The van der Waals surface area contributed by atoms with Crippen LogP contribution >= 0.6 is 0 Å². The van der Waals surface area contributed by atoms with Gasteiger partial charge in [0, 0.05) is 38.5 Å². The van der Waals surface area contributed by atoms with Crippen molar-refractivity contribution in [2.75, 3.05) is 13.2 Å². The van der Waals surface area contributed by atoms with E-state index in [1.165, 1.54) is 13.8 Å². The summed E-state index contributed by atoms with van der Waals surface area (Å²) >= 11 is 0. The molecule has 0 saturated carbocycles. The van der Waals surface area contributed by atoms with Crippen LogP contribution in [0.25, 0.3) is 0 Å². The van der Waals surface area contributed by atoms with Crippen LogP contribution in [0.15, 0.2) is 0 Å². The highest BCUT2D eigenvalue weighted by Gasteiger charge is 2.06. The number of ketones is 4. The van der Waals surface area contributed by atoms with Gasteiger partial charge in [0.1, 0.15) is 23.1 Å². The summed E-state index contributed by atoms with van der Waals surface area (Å²) in [6.45, 7) is 3.46. The first-order valence-electron chi connectivity index (χ1n) is 6.52. The van der Waals surface area contributed by atoms with E-state index in [1.807, 2.05) is 0 Å². The Morgan fingerprint density at radius 1 is 0.632 bits per heavy atom. The molecule has 0 radical (unpaired) electrons. The fourth-order valence-corrected chi connectivity index (χ4v) is 1.35. The molecule has 0 aromatic rings. The zero-order valence-electron chi connectivity index (χ0n) is 11.7. The molecule has 0 aliphatic rings. The zero-order valence-corrected chi connectivity index (χ0v) is 11.7. The molecular weight excluding hydrogens is 248 g/mol. The SMILES string of the molecule is CC(=O)CCC(=O)CCOCCC(=O)CCC(C)=O. The summed E-state index contributed by atoms with van der Waals surface area (Å²) in [4.78, 5) is 43.9. The third kappa shape index (κ3) is 12.9. The van der Waals surface area contributed by atoms with E-state index in [1.54, 1.807) is 0 Å². The summed E-state index contributed by atoms with van der Waals surface area (Å²) in [7, 11) is 0. The van der Waals surface area contributed by atoms with E-state index in [-0.39, 0.29) is 74.9 Å². The number of hydrogen-bond acceptors (Lipinski definition) is 5. The van der Waals surface area contributed by atoms with E-state index in [2.05, 4.69) is 0 Å². The first-order chi connectivity index (χ1) is 8.91. The Hall–Kier alpha value is -1.36. The molecule has 0 rings (SSSR count). The maximum absolute atomic E-state index is 11.3. The second-order valence-corrected chi connectivity index (χ2v) is 4.59. The van der Waals surface area contributed by atoms with E-state index in [0.29, 0.717) is 0 Å². The highest BCUT2D eigenvalue weighted by molar-refractivity contribution is 5.85. The highest BCUT2D eigenvalue weighted by atomic mass is 16.5. The van der Waals surface area contributed by atoms with Gasteiger partial charge in [0.2, 0.25) is 0 Å². The van der Waals surface area contributed by atoms with Crippen molar-refractivity contribution < 1.29 is 23.9 Å². The molecule has 0 amide bonds. The average molecular weight is 270 g/mol. The van der Waals surface area contributed by atoms with Gasteiger partial charge in [-0.3, -0.25) is 9.59 Å². The topological polar surface area (TPSA) is 77.5 Å². The molecule has 0 fully saturated rings. The van der Waals surface area contributed by atoms with Crippen LogP contribution in [0, 0.1) is 0 Å². The molecule has 0 unspecified atom stereocenters. The van der Waals surface area contributed by atoms with Crippen molar-refractivity contribution in [3.05, 3.63) is 0 Å². The second-order valence-electron chi connectivity index (χ2n) is 4.59. The van der Waals surface area contributed by atoms with Gasteiger partial charge in [-0.05, 0) is 13.8 Å². The molecule has 0 saturated heterocycles. The number of rotatable bonds is 12. The Morgan fingerprint density at radius 2 is 1.00 bits per heavy atom. The minimum atomic E-state index is -0.00175. The van der Waals surface area contributed by atoms with Crippen LogP contribution in [-0.2, 0) is 23.9 Å². The number of hydrogen-bond donors (Lipinski definition) is 0. The molecular formula is C14H22O5. The normalized spacial score (nSPS) is 10.2. The summed E-state index contributed by atoms with van der Waals surface area (Å²) < 4.78 is 5.18. The first-order valence-corrected chi connectivity index (χ1v) is 6.52. The molecule has 0 heterocycles. The Kier molecular flexibility index (Phi) is 9.80. The van der Waals surface area contributed by atoms with Crippen LogP contribution in [-0.4, -0.2) is 36.3 Å². The predicted octanol–water partition coefficient (Wildman–Crippen LogP) is 1.66. The van der Waals surface area contributed by atoms with Crippen molar-refractivity contribution >= 4 is 23.1 Å². The number of carbonyl (C=O) groups excluding carboxylic acids is 4. The smallest absolute Gasteiger partial charge is 0.135 e. The van der Waals surface area contributed by atoms with Gasteiger partial charge < -0.3 is 14.3 Å². The molecule has 0 bridgehead atoms. The monoisotopic (exact) mass is 270 g/mol. The molecule has 0 N–H and O–H groups in total. The summed E-state index contributed by atoms with van der Waals surface area (Å²) in [5.74, 6) is 0.00638. The maximum Gasteiger partial charge on any atom is 0.135 e. The van der Waals surface area contributed by atoms with Gasteiger partial charge >= 0.3 is 0 Å². The predicted molar refractivity (Wildman–Crippen MR) is 69.9 cm³/mol. The molecule has 0 aromatic heterocycles. The molecule has 5 heteroatoms. The summed E-state index contributed by atoms with van der Waals surface area (Å²) in [5, 5.41) is 0. The van der Waals surface area contributed by atoms with Gasteiger partial charge in [-0.25, -0.2) is 0 Å². The van der Waals surface area contributed by atoms with Crippen LogP contribution in [0.4, 0.5) is 0 Å². The van der Waals surface area contributed by atoms with E-state index in [0.717, 1.165) is 0 Å². The molecule has 0 atom stereocenters. The molecule has 0 aliphatic carbocycles. The largest absolute Gasteiger partial charge is 0.381 e. The van der Waals surface area contributed by atoms with Crippen LogP contribution in [0.1, 0.15) is 52.4 Å². The lowest BCUT2D eigenvalue weighted by atomic mass is 10.1. The first kappa shape index (κ1) is 17.6. The Balaban J connectivity index is 3.44. The molecule has 19 heavy (non-hydrogen) atoms. The van der Waals surface area contributed by atoms with Gasteiger partial charge in [0.15, 0.2) is 0 Å². The van der Waals surface area contributed by atoms with Crippen molar-refractivity contribution in [3.8, 4) is 0 Å². The number of Topliss-reactive ketones (excluding diaryl/α,β-unsaturated/α-hetero) is 4. The Morgan fingerprint density at radius 3 is 1.32 bits per heavy atom. The summed E-state index contributed by atoms with van der Waals surface area (Å²) in [6, 6.07) is 0. The van der Waals surface area contributed by atoms with Gasteiger partial charge in [-0.15, -0.1) is 0 Å². The van der Waals surface area contributed by atoms with Crippen molar-refractivity contribution in [1.29, 1.82) is 0 Å². The summed E-state index contributed by atoms with van der Waals surface area (Å²) in [6.07, 6.45) is 1.63. The molecule has 108 valence electrons. The minimum absolute atomic E-state index is 0.00175. The fraction of sp³-hybridized carbons (Fsp3) is 0.714. The van der Waals surface area contributed by atoms with E-state index >= 15 is 0 Å². The van der Waals surface area contributed by atoms with E-state index in [4.69, 9.17) is 4.74 Å². The van der Waals surface area contributed by atoms with Gasteiger partial charge in [-0.2, -0.15) is 0 Å². The van der Waals surface area contributed by atoms with Crippen LogP contribution in [0.2, 0.25) is 0 Å². The molecule has 0 aromatic carbocycles. The van der Waals surface area contributed by atoms with Crippen LogP contribution < -0.4 is 0 Å². The average Bonchev–Trinajstić information content (AvgIpc) is 2.33. The maximum atomic E-state index is 11.3. The van der Waals surface area contributed by atoms with Crippen LogP contribution in [0.5, 0.6) is 0 Å². The third-order valence-corrected chi connectivity index (χ3v) is 2.56.